The maximum atomic E-state index is 14.3. The number of carbonyl (C=O) groups excluding carboxylic acids is 4. The summed E-state index contributed by atoms with van der Waals surface area (Å²) >= 11 is 5.92. The van der Waals surface area contributed by atoms with Crippen LogP contribution in [0, 0.1) is 5.82 Å². The lowest BCUT2D eigenvalue weighted by atomic mass is 9.94. The van der Waals surface area contributed by atoms with Crippen molar-refractivity contribution in [2.75, 3.05) is 12.1 Å². The minimum atomic E-state index is -1.50. The molecule has 1 aromatic heterocycles. The normalized spacial score (nSPS) is 12.3. The number of ketones is 1. The van der Waals surface area contributed by atoms with Gasteiger partial charge in [0, 0.05) is 39.6 Å². The second-order valence-corrected chi connectivity index (χ2v) is 16.5. The van der Waals surface area contributed by atoms with Crippen LogP contribution in [0.1, 0.15) is 84.8 Å². The van der Waals surface area contributed by atoms with Gasteiger partial charge in [-0.05, 0) is 129 Å². The predicted molar refractivity (Wildman–Crippen MR) is 243 cm³/mol. The number of hydrogen-bond acceptors (Lipinski definition) is 9. The Kier molecular flexibility index (Phi) is 15.5. The van der Waals surface area contributed by atoms with E-state index in [4.69, 9.17) is 25.8 Å². The maximum Gasteiger partial charge on any atom is 0.352 e. The average Bonchev–Trinajstić information content (AvgIpc) is 3.62. The second-order valence-electron chi connectivity index (χ2n) is 16.1. The zero-order valence-corrected chi connectivity index (χ0v) is 36.7. The van der Waals surface area contributed by atoms with Crippen LogP contribution in [0.25, 0.3) is 22.4 Å². The van der Waals surface area contributed by atoms with Gasteiger partial charge in [0.15, 0.2) is 11.4 Å². The fourth-order valence-electron chi connectivity index (χ4n) is 7.35. The Labute approximate surface area is 376 Å². The van der Waals surface area contributed by atoms with Gasteiger partial charge in [-0.3, -0.25) is 14.4 Å². The third-order valence-electron chi connectivity index (χ3n) is 10.4. The van der Waals surface area contributed by atoms with E-state index in [9.17, 15) is 33.8 Å². The predicted octanol–water partition coefficient (Wildman–Crippen LogP) is 10.0. The first kappa shape index (κ1) is 46.9. The number of benzene rings is 5. The van der Waals surface area contributed by atoms with Crippen LogP contribution < -0.4 is 10.1 Å². The number of aromatic nitrogens is 1. The van der Waals surface area contributed by atoms with E-state index in [2.05, 4.69) is 5.32 Å². The highest BCUT2D eigenvalue weighted by atomic mass is 35.5. The summed E-state index contributed by atoms with van der Waals surface area (Å²) in [5.41, 5.74) is 3.86. The van der Waals surface area contributed by atoms with E-state index in [1.54, 1.807) is 72.8 Å². The molecule has 1 amide bonds. The SMILES string of the molecule is CC(C)c1c(C(=O)Nc2ccccc2)c(-c2ccccc2)c(-c2ccc(F)cc2)n1CC[C@@H](O)C[C@@H](O)CC(=O)OCOC(=O)C(C)(C)Oc1ccc(C(=O)c2ccc(Cl)cc2)cc1. The molecule has 0 saturated carbocycles. The number of rotatable bonds is 19. The van der Waals surface area contributed by atoms with Crippen LogP contribution in [0.2, 0.25) is 5.02 Å². The van der Waals surface area contributed by atoms with Crippen LogP contribution in [-0.4, -0.2) is 63.0 Å². The van der Waals surface area contributed by atoms with Gasteiger partial charge in [0.1, 0.15) is 11.6 Å². The third kappa shape index (κ3) is 11.9. The Balaban J connectivity index is 1.08. The third-order valence-corrected chi connectivity index (χ3v) is 10.7. The van der Waals surface area contributed by atoms with Gasteiger partial charge in [-0.1, -0.05) is 74.0 Å². The van der Waals surface area contributed by atoms with Crippen molar-refractivity contribution in [1.82, 2.24) is 4.57 Å². The number of anilines is 1. The Hall–Kier alpha value is -6.60. The Morgan fingerprint density at radius 1 is 0.750 bits per heavy atom. The summed E-state index contributed by atoms with van der Waals surface area (Å²) in [4.78, 5) is 52.7. The zero-order valence-electron chi connectivity index (χ0n) is 35.9. The summed E-state index contributed by atoms with van der Waals surface area (Å²) in [7, 11) is 0. The highest BCUT2D eigenvalue weighted by Gasteiger charge is 2.33. The van der Waals surface area contributed by atoms with E-state index in [0.29, 0.717) is 55.7 Å². The van der Waals surface area contributed by atoms with Crippen LogP contribution in [0.3, 0.4) is 0 Å². The number of ether oxygens (including phenoxy) is 3. The van der Waals surface area contributed by atoms with Crippen LogP contribution in [0.5, 0.6) is 5.75 Å². The molecule has 2 atom stereocenters. The number of nitrogens with one attached hydrogen (secondary N) is 1. The number of aliphatic hydroxyl groups is 2. The van der Waals surface area contributed by atoms with Crippen LogP contribution in [-0.2, 0) is 25.6 Å². The smallest absolute Gasteiger partial charge is 0.352 e. The van der Waals surface area contributed by atoms with Gasteiger partial charge in [-0.25, -0.2) is 9.18 Å². The molecule has 332 valence electrons. The summed E-state index contributed by atoms with van der Waals surface area (Å²) in [5, 5.41) is 25.6. The van der Waals surface area contributed by atoms with Crippen LogP contribution in [0.15, 0.2) is 133 Å². The van der Waals surface area contributed by atoms with Crippen molar-refractivity contribution in [3.8, 4) is 28.1 Å². The van der Waals surface area contributed by atoms with E-state index < -0.39 is 48.8 Å². The molecule has 6 aromatic rings. The van der Waals surface area contributed by atoms with Gasteiger partial charge in [-0.2, -0.15) is 0 Å². The lowest BCUT2D eigenvalue weighted by Gasteiger charge is -2.24. The van der Waals surface area contributed by atoms with E-state index in [1.807, 2.05) is 66.9 Å². The first-order valence-corrected chi connectivity index (χ1v) is 21.2. The molecule has 0 aliphatic rings. The molecule has 64 heavy (non-hydrogen) atoms. The van der Waals surface area contributed by atoms with E-state index in [-0.39, 0.29) is 37.0 Å². The molecule has 0 radical (unpaired) electrons. The molecule has 0 unspecified atom stereocenters. The number of esters is 2. The molecule has 5 aromatic carbocycles. The number of aliphatic hydroxyl groups excluding tert-OH is 2. The molecule has 6 rings (SSSR count). The fraction of sp³-hybridized carbons (Fsp3) is 0.255. The molecule has 0 spiro atoms. The first-order valence-electron chi connectivity index (χ1n) is 20.8. The summed E-state index contributed by atoms with van der Waals surface area (Å²) < 4.78 is 32.3. The van der Waals surface area contributed by atoms with Gasteiger partial charge in [0.25, 0.3) is 5.91 Å². The molecular formula is C51H50ClFN2O9. The number of carbonyl (C=O) groups is 4. The quantitative estimate of drug-likeness (QED) is 0.0410. The molecular weight excluding hydrogens is 839 g/mol. The lowest BCUT2D eigenvalue weighted by Crippen LogP contribution is -2.40. The topological polar surface area (TPSA) is 153 Å². The number of nitrogens with zero attached hydrogens (tertiary/aromatic N) is 1. The molecule has 0 saturated heterocycles. The van der Waals surface area contributed by atoms with Gasteiger partial charge in [0.2, 0.25) is 6.79 Å². The minimum Gasteiger partial charge on any atom is -0.476 e. The summed E-state index contributed by atoms with van der Waals surface area (Å²) in [6.45, 7) is 6.35. The highest BCUT2D eigenvalue weighted by molar-refractivity contribution is 6.30. The van der Waals surface area contributed by atoms with E-state index in [0.717, 1.165) is 5.56 Å². The van der Waals surface area contributed by atoms with Crippen molar-refractivity contribution in [1.29, 1.82) is 0 Å². The fourth-order valence-corrected chi connectivity index (χ4v) is 7.48. The molecule has 0 bridgehead atoms. The second kappa shape index (κ2) is 21.2. The summed E-state index contributed by atoms with van der Waals surface area (Å²) in [6, 6.07) is 37.3. The van der Waals surface area contributed by atoms with Crippen molar-refractivity contribution >= 4 is 40.9 Å². The standard InChI is InChI=1S/C51H50ClFN2O9/c1-32(2)46-45(49(60)54-39-13-9-6-10-14-39)44(33-11-7-5-8-12-33)47(34-17-23-38(53)24-18-34)55(46)28-27-40(56)29-41(57)30-43(58)62-31-63-50(61)51(3,4)64-42-25-19-36(20-26-42)48(59)35-15-21-37(52)22-16-35/h5-26,32,40-41,56-57H,27-31H2,1-4H3,(H,54,60)/t40-,41-/m1/s1. The van der Waals surface area contributed by atoms with Crippen LogP contribution in [0.4, 0.5) is 10.1 Å². The Morgan fingerprint density at radius 2 is 1.34 bits per heavy atom. The first-order chi connectivity index (χ1) is 30.6. The van der Waals surface area contributed by atoms with Gasteiger partial charge >= 0.3 is 11.9 Å². The summed E-state index contributed by atoms with van der Waals surface area (Å²) in [5.74, 6) is -2.54. The maximum absolute atomic E-state index is 14.3. The van der Waals surface area contributed by atoms with Crippen molar-refractivity contribution in [2.45, 2.75) is 77.2 Å². The largest absolute Gasteiger partial charge is 0.476 e. The van der Waals surface area contributed by atoms with Crippen molar-refractivity contribution in [3.05, 3.63) is 167 Å². The van der Waals surface area contributed by atoms with Crippen LogP contribution >= 0.6 is 11.6 Å². The Morgan fingerprint density at radius 3 is 1.95 bits per heavy atom. The highest BCUT2D eigenvalue weighted by Crippen LogP contribution is 2.43. The van der Waals surface area contributed by atoms with Crippen molar-refractivity contribution < 1.29 is 48.0 Å². The molecule has 3 N–H and O–H groups in total. The van der Waals surface area contributed by atoms with Crippen molar-refractivity contribution in [2.24, 2.45) is 0 Å². The molecule has 0 fully saturated rings. The number of halogens is 2. The number of hydrogen-bond donors (Lipinski definition) is 3. The van der Waals surface area contributed by atoms with Gasteiger partial charge < -0.3 is 34.3 Å². The van der Waals surface area contributed by atoms with E-state index >= 15 is 0 Å². The monoisotopic (exact) mass is 888 g/mol. The Bertz CT molecular complexity index is 2540. The molecule has 13 heteroatoms. The molecule has 0 aliphatic heterocycles. The zero-order chi connectivity index (χ0) is 46.0. The average molecular weight is 889 g/mol. The van der Waals surface area contributed by atoms with Gasteiger partial charge in [0.05, 0.1) is 29.9 Å². The summed E-state index contributed by atoms with van der Waals surface area (Å²) in [6.07, 6.45) is -2.94. The molecule has 1 heterocycles. The lowest BCUT2D eigenvalue weighted by molar-refractivity contribution is -0.178. The molecule has 0 aliphatic carbocycles. The number of para-hydroxylation sites is 1. The van der Waals surface area contributed by atoms with Gasteiger partial charge in [-0.15, -0.1) is 0 Å². The minimum absolute atomic E-state index is 0.122. The molecule has 11 nitrogen and oxygen atoms in total. The van der Waals surface area contributed by atoms with E-state index in [1.165, 1.54) is 26.0 Å². The van der Waals surface area contributed by atoms with Crippen molar-refractivity contribution in [3.63, 3.8) is 0 Å². The number of amides is 1.